The number of thioether (sulfide) groups is 1. The standard InChI is InChI=1S/C11H14O3S/c1-2-9(12)10(11(13)14)15-8-6-4-3-5-7-8/h3-7,9-10,12H,2H2,1H3,(H,13,14)/t9-,10-/m0/s1. The summed E-state index contributed by atoms with van der Waals surface area (Å²) in [5.74, 6) is -0.974. The quantitative estimate of drug-likeness (QED) is 0.754. The second-order valence-corrected chi connectivity index (χ2v) is 4.38. The van der Waals surface area contributed by atoms with Gasteiger partial charge in [-0.3, -0.25) is 4.79 Å². The second-order valence-electron chi connectivity index (χ2n) is 3.17. The Labute approximate surface area is 93.1 Å². The largest absolute Gasteiger partial charge is 0.480 e. The van der Waals surface area contributed by atoms with Crippen molar-refractivity contribution < 1.29 is 15.0 Å². The Hall–Kier alpha value is -1.00. The van der Waals surface area contributed by atoms with E-state index < -0.39 is 17.3 Å². The Morgan fingerprint density at radius 2 is 2.00 bits per heavy atom. The van der Waals surface area contributed by atoms with E-state index in [0.717, 1.165) is 4.90 Å². The molecule has 0 aromatic heterocycles. The molecule has 0 saturated heterocycles. The third kappa shape index (κ3) is 3.57. The lowest BCUT2D eigenvalue weighted by Crippen LogP contribution is -2.30. The van der Waals surface area contributed by atoms with Crippen LogP contribution in [0, 0.1) is 0 Å². The maximum Gasteiger partial charge on any atom is 0.319 e. The number of aliphatic hydroxyl groups excluding tert-OH is 1. The summed E-state index contributed by atoms with van der Waals surface area (Å²) >= 11 is 1.18. The summed E-state index contributed by atoms with van der Waals surface area (Å²) in [6, 6.07) is 9.24. The molecule has 15 heavy (non-hydrogen) atoms. The summed E-state index contributed by atoms with van der Waals surface area (Å²) in [6.07, 6.45) is -0.371. The molecular weight excluding hydrogens is 212 g/mol. The number of carboxylic acids is 1. The smallest absolute Gasteiger partial charge is 0.319 e. The first-order valence-electron chi connectivity index (χ1n) is 4.77. The van der Waals surface area contributed by atoms with Gasteiger partial charge >= 0.3 is 5.97 Å². The molecule has 0 aliphatic rings. The van der Waals surface area contributed by atoms with Crippen molar-refractivity contribution in [3.63, 3.8) is 0 Å². The number of carboxylic acid groups (broad SMARTS) is 1. The lowest BCUT2D eigenvalue weighted by atomic mass is 10.2. The van der Waals surface area contributed by atoms with Gasteiger partial charge in [0, 0.05) is 4.90 Å². The summed E-state index contributed by atoms with van der Waals surface area (Å²) in [6.45, 7) is 1.77. The van der Waals surface area contributed by atoms with Gasteiger partial charge in [0.05, 0.1) is 6.10 Å². The third-order valence-corrected chi connectivity index (χ3v) is 3.33. The zero-order valence-electron chi connectivity index (χ0n) is 8.46. The normalized spacial score (nSPS) is 14.5. The fourth-order valence-corrected chi connectivity index (χ4v) is 2.21. The van der Waals surface area contributed by atoms with E-state index >= 15 is 0 Å². The average Bonchev–Trinajstić information content (AvgIpc) is 2.26. The number of aliphatic carboxylic acids is 1. The van der Waals surface area contributed by atoms with Gasteiger partial charge in [0.1, 0.15) is 5.25 Å². The van der Waals surface area contributed by atoms with Gasteiger partial charge in [0.25, 0.3) is 0 Å². The van der Waals surface area contributed by atoms with Crippen molar-refractivity contribution in [2.45, 2.75) is 29.6 Å². The summed E-state index contributed by atoms with van der Waals surface area (Å²) in [7, 11) is 0. The average molecular weight is 226 g/mol. The van der Waals surface area contributed by atoms with Crippen LogP contribution in [0.4, 0.5) is 0 Å². The Morgan fingerprint density at radius 1 is 1.40 bits per heavy atom. The lowest BCUT2D eigenvalue weighted by molar-refractivity contribution is -0.138. The van der Waals surface area contributed by atoms with Crippen molar-refractivity contribution in [2.75, 3.05) is 0 Å². The van der Waals surface area contributed by atoms with Gasteiger partial charge in [-0.1, -0.05) is 25.1 Å². The molecule has 0 radical (unpaired) electrons. The van der Waals surface area contributed by atoms with Crippen molar-refractivity contribution in [3.05, 3.63) is 30.3 Å². The van der Waals surface area contributed by atoms with Crippen molar-refractivity contribution in [1.29, 1.82) is 0 Å². The van der Waals surface area contributed by atoms with E-state index in [0.29, 0.717) is 6.42 Å². The van der Waals surface area contributed by atoms with E-state index in [1.807, 2.05) is 30.3 Å². The van der Waals surface area contributed by atoms with Crippen LogP contribution in [0.1, 0.15) is 13.3 Å². The SMILES string of the molecule is CC[C@H](O)[C@H](Sc1ccccc1)C(=O)O. The monoisotopic (exact) mass is 226 g/mol. The highest BCUT2D eigenvalue weighted by Crippen LogP contribution is 2.26. The molecule has 2 atom stereocenters. The number of rotatable bonds is 5. The highest BCUT2D eigenvalue weighted by atomic mass is 32.2. The molecule has 0 aliphatic carbocycles. The van der Waals surface area contributed by atoms with E-state index in [4.69, 9.17) is 5.11 Å². The molecule has 0 bridgehead atoms. The van der Waals surface area contributed by atoms with Crippen molar-refractivity contribution >= 4 is 17.7 Å². The number of benzene rings is 1. The van der Waals surface area contributed by atoms with Crippen LogP contribution in [0.25, 0.3) is 0 Å². The van der Waals surface area contributed by atoms with Crippen LogP contribution < -0.4 is 0 Å². The summed E-state index contributed by atoms with van der Waals surface area (Å²) < 4.78 is 0. The van der Waals surface area contributed by atoms with E-state index in [2.05, 4.69) is 0 Å². The molecule has 82 valence electrons. The summed E-state index contributed by atoms with van der Waals surface area (Å²) in [4.78, 5) is 11.8. The fraction of sp³-hybridized carbons (Fsp3) is 0.364. The van der Waals surface area contributed by atoms with Gasteiger partial charge in [-0.2, -0.15) is 0 Å². The van der Waals surface area contributed by atoms with Crippen molar-refractivity contribution in [2.24, 2.45) is 0 Å². The Bertz CT molecular complexity index is 313. The van der Waals surface area contributed by atoms with Gasteiger partial charge in [0.15, 0.2) is 0 Å². The number of aliphatic hydroxyl groups is 1. The number of hydrogen-bond acceptors (Lipinski definition) is 3. The second kappa shape index (κ2) is 5.78. The highest BCUT2D eigenvalue weighted by Gasteiger charge is 2.26. The Morgan fingerprint density at radius 3 is 2.47 bits per heavy atom. The Kier molecular flexibility index (Phi) is 4.65. The number of carbonyl (C=O) groups is 1. The molecule has 1 rings (SSSR count). The van der Waals surface area contributed by atoms with Gasteiger partial charge in [-0.25, -0.2) is 0 Å². The molecular formula is C11H14O3S. The van der Waals surface area contributed by atoms with Crippen LogP contribution >= 0.6 is 11.8 Å². The first-order chi connectivity index (χ1) is 7.15. The molecule has 4 heteroatoms. The maximum atomic E-state index is 10.9. The first kappa shape index (κ1) is 12.1. The van der Waals surface area contributed by atoms with Crippen LogP contribution in [0.3, 0.4) is 0 Å². The highest BCUT2D eigenvalue weighted by molar-refractivity contribution is 8.00. The third-order valence-electron chi connectivity index (χ3n) is 2.02. The van der Waals surface area contributed by atoms with Gasteiger partial charge in [-0.05, 0) is 18.6 Å². The summed E-state index contributed by atoms with van der Waals surface area (Å²) in [5.41, 5.74) is 0. The molecule has 0 heterocycles. The molecule has 0 saturated carbocycles. The molecule has 2 N–H and O–H groups in total. The van der Waals surface area contributed by atoms with Crippen LogP contribution in [0.5, 0.6) is 0 Å². The molecule has 0 amide bonds. The zero-order chi connectivity index (χ0) is 11.3. The van der Waals surface area contributed by atoms with E-state index in [1.165, 1.54) is 11.8 Å². The topological polar surface area (TPSA) is 57.5 Å². The molecule has 0 spiro atoms. The van der Waals surface area contributed by atoms with E-state index in [-0.39, 0.29) is 0 Å². The van der Waals surface area contributed by atoms with Crippen molar-refractivity contribution in [3.8, 4) is 0 Å². The van der Waals surface area contributed by atoms with Gasteiger partial charge in [0.2, 0.25) is 0 Å². The van der Waals surface area contributed by atoms with Gasteiger partial charge in [-0.15, -0.1) is 11.8 Å². The molecule has 3 nitrogen and oxygen atoms in total. The van der Waals surface area contributed by atoms with Crippen molar-refractivity contribution in [1.82, 2.24) is 0 Å². The van der Waals surface area contributed by atoms with Crippen LogP contribution in [0.2, 0.25) is 0 Å². The van der Waals surface area contributed by atoms with Crippen LogP contribution in [0.15, 0.2) is 35.2 Å². The predicted molar refractivity (Wildman–Crippen MR) is 60.0 cm³/mol. The first-order valence-corrected chi connectivity index (χ1v) is 5.65. The Balaban J connectivity index is 2.71. The molecule has 0 aliphatic heterocycles. The minimum Gasteiger partial charge on any atom is -0.480 e. The van der Waals surface area contributed by atoms with Crippen LogP contribution in [-0.4, -0.2) is 27.5 Å². The summed E-state index contributed by atoms with van der Waals surface area (Å²) in [5, 5.41) is 17.7. The predicted octanol–water partition coefficient (Wildman–Crippen LogP) is 2.00. The molecule has 1 aromatic carbocycles. The van der Waals surface area contributed by atoms with Gasteiger partial charge < -0.3 is 10.2 Å². The van der Waals surface area contributed by atoms with E-state index in [1.54, 1.807) is 6.92 Å². The maximum absolute atomic E-state index is 10.9. The molecule has 0 fully saturated rings. The minimum absolute atomic E-state index is 0.441. The molecule has 1 aromatic rings. The zero-order valence-corrected chi connectivity index (χ0v) is 9.28. The van der Waals surface area contributed by atoms with Crippen LogP contribution in [-0.2, 0) is 4.79 Å². The minimum atomic E-state index is -0.974. The lowest BCUT2D eigenvalue weighted by Gasteiger charge is -2.16. The molecule has 0 unspecified atom stereocenters. The number of hydrogen-bond donors (Lipinski definition) is 2. The fourth-order valence-electron chi connectivity index (χ4n) is 1.15. The van der Waals surface area contributed by atoms with E-state index in [9.17, 15) is 9.90 Å².